The number of rotatable bonds is 16. The molecule has 0 aromatic heterocycles. The number of benzene rings is 1. The van der Waals surface area contributed by atoms with Crippen LogP contribution in [0.15, 0.2) is 24.3 Å². The number of ether oxygens (including phenoxy) is 3. The third kappa shape index (κ3) is 9.41. The van der Waals surface area contributed by atoms with Crippen molar-refractivity contribution in [3.05, 3.63) is 29.8 Å². The average Bonchev–Trinajstić information content (AvgIpc) is 2.69. The topological polar surface area (TPSA) is 102 Å². The van der Waals surface area contributed by atoms with Gasteiger partial charge in [-0.15, -0.1) is 0 Å². The van der Waals surface area contributed by atoms with Crippen LogP contribution in [-0.2, 0) is 14.3 Å². The molecule has 0 aliphatic rings. The molecular formula is C21H30O7. The molecule has 0 amide bonds. The van der Waals surface area contributed by atoms with Gasteiger partial charge in [0, 0.05) is 12.7 Å². The first-order valence-electron chi connectivity index (χ1n) is 9.53. The number of aliphatic hydroxyl groups excluding tert-OH is 1. The van der Waals surface area contributed by atoms with Crippen LogP contribution in [0.4, 0.5) is 0 Å². The molecule has 0 saturated heterocycles. The Hall–Kier alpha value is -2.54. The lowest BCUT2D eigenvalue weighted by molar-refractivity contribution is -0.131. The summed E-state index contributed by atoms with van der Waals surface area (Å²) in [6, 6.07) is 5.39. The number of carboxylic acid groups (broad SMARTS) is 1. The highest BCUT2D eigenvalue weighted by Gasteiger charge is 2.10. The number of hydrogen-bond donors (Lipinski definition) is 2. The monoisotopic (exact) mass is 394 g/mol. The molecule has 0 bridgehead atoms. The molecule has 156 valence electrons. The van der Waals surface area contributed by atoms with Crippen LogP contribution in [0.25, 0.3) is 5.57 Å². The van der Waals surface area contributed by atoms with Crippen molar-refractivity contribution in [2.24, 2.45) is 0 Å². The molecule has 0 spiro atoms. The SMILES string of the molecule is COc1cc(/C(=C/C(=O)O)CCCCCCO)ccc1OCCCCOC=O. The summed E-state index contributed by atoms with van der Waals surface area (Å²) in [6.45, 7) is 1.43. The Bertz CT molecular complexity index is 625. The van der Waals surface area contributed by atoms with Gasteiger partial charge in [0.25, 0.3) is 6.47 Å². The van der Waals surface area contributed by atoms with Gasteiger partial charge >= 0.3 is 5.97 Å². The first-order valence-corrected chi connectivity index (χ1v) is 9.53. The van der Waals surface area contributed by atoms with E-state index in [1.807, 2.05) is 6.07 Å². The van der Waals surface area contributed by atoms with Crippen molar-refractivity contribution < 1.29 is 34.0 Å². The van der Waals surface area contributed by atoms with Gasteiger partial charge in [0.1, 0.15) is 0 Å². The highest BCUT2D eigenvalue weighted by Crippen LogP contribution is 2.32. The van der Waals surface area contributed by atoms with E-state index < -0.39 is 5.97 Å². The zero-order chi connectivity index (χ0) is 20.6. The van der Waals surface area contributed by atoms with Crippen LogP contribution in [0.3, 0.4) is 0 Å². The number of carbonyl (C=O) groups excluding carboxylic acids is 1. The second-order valence-electron chi connectivity index (χ2n) is 6.28. The summed E-state index contributed by atoms with van der Waals surface area (Å²) >= 11 is 0. The van der Waals surface area contributed by atoms with Crippen molar-refractivity contribution in [3.8, 4) is 11.5 Å². The zero-order valence-electron chi connectivity index (χ0n) is 16.4. The summed E-state index contributed by atoms with van der Waals surface area (Å²) < 4.78 is 15.7. The van der Waals surface area contributed by atoms with Crippen LogP contribution < -0.4 is 9.47 Å². The van der Waals surface area contributed by atoms with Crippen LogP contribution in [0.1, 0.15) is 50.5 Å². The predicted molar refractivity (Wildman–Crippen MR) is 106 cm³/mol. The van der Waals surface area contributed by atoms with E-state index in [0.717, 1.165) is 43.2 Å². The van der Waals surface area contributed by atoms with E-state index >= 15 is 0 Å². The number of hydrogen-bond acceptors (Lipinski definition) is 6. The number of aliphatic hydroxyl groups is 1. The molecule has 1 aromatic carbocycles. The number of allylic oxidation sites excluding steroid dienone is 1. The summed E-state index contributed by atoms with van der Waals surface area (Å²) in [5.41, 5.74) is 1.51. The molecule has 7 heteroatoms. The van der Waals surface area contributed by atoms with Gasteiger partial charge in [-0.1, -0.05) is 18.9 Å². The van der Waals surface area contributed by atoms with Crippen molar-refractivity contribution in [1.29, 1.82) is 0 Å². The predicted octanol–water partition coefficient (Wildman–Crippen LogP) is 3.44. The van der Waals surface area contributed by atoms with E-state index in [0.29, 0.717) is 44.0 Å². The van der Waals surface area contributed by atoms with E-state index in [2.05, 4.69) is 4.74 Å². The fourth-order valence-corrected chi connectivity index (χ4v) is 2.73. The first kappa shape index (κ1) is 23.5. The van der Waals surface area contributed by atoms with Gasteiger partial charge < -0.3 is 24.4 Å². The fraction of sp³-hybridized carbons (Fsp3) is 0.524. The lowest BCUT2D eigenvalue weighted by Crippen LogP contribution is -2.02. The number of aliphatic carboxylic acids is 1. The molecule has 0 fully saturated rings. The number of carboxylic acids is 1. The van der Waals surface area contributed by atoms with Crippen molar-refractivity contribution in [2.75, 3.05) is 26.9 Å². The quantitative estimate of drug-likeness (QED) is 0.251. The maximum Gasteiger partial charge on any atom is 0.328 e. The van der Waals surface area contributed by atoms with Crippen molar-refractivity contribution in [3.63, 3.8) is 0 Å². The van der Waals surface area contributed by atoms with Crippen molar-refractivity contribution >= 4 is 18.0 Å². The van der Waals surface area contributed by atoms with E-state index in [1.165, 1.54) is 6.08 Å². The molecule has 7 nitrogen and oxygen atoms in total. The summed E-state index contributed by atoms with van der Waals surface area (Å²) in [6.07, 6.45) is 6.78. The molecule has 2 N–H and O–H groups in total. The van der Waals surface area contributed by atoms with Crippen LogP contribution in [0.2, 0.25) is 0 Å². The minimum atomic E-state index is -0.984. The minimum Gasteiger partial charge on any atom is -0.493 e. The van der Waals surface area contributed by atoms with Gasteiger partial charge in [-0.3, -0.25) is 4.79 Å². The van der Waals surface area contributed by atoms with Gasteiger partial charge in [-0.2, -0.15) is 0 Å². The molecule has 0 saturated carbocycles. The van der Waals surface area contributed by atoms with Crippen LogP contribution in [0.5, 0.6) is 11.5 Å². The highest BCUT2D eigenvalue weighted by molar-refractivity contribution is 5.90. The van der Waals surface area contributed by atoms with Gasteiger partial charge in [0.15, 0.2) is 11.5 Å². The Morgan fingerprint density at radius 2 is 1.79 bits per heavy atom. The first-order chi connectivity index (χ1) is 13.6. The molecule has 1 aromatic rings. The number of unbranched alkanes of at least 4 members (excludes halogenated alkanes) is 4. The Kier molecular flexibility index (Phi) is 12.2. The second kappa shape index (κ2) is 14.5. The maximum atomic E-state index is 11.2. The molecule has 28 heavy (non-hydrogen) atoms. The Labute approximate surface area is 165 Å². The third-order valence-corrected chi connectivity index (χ3v) is 4.17. The van der Waals surface area contributed by atoms with Crippen LogP contribution in [-0.4, -0.2) is 49.6 Å². The summed E-state index contributed by atoms with van der Waals surface area (Å²) in [7, 11) is 1.54. The second-order valence-corrected chi connectivity index (χ2v) is 6.28. The van der Waals surface area contributed by atoms with Gasteiger partial charge in [-0.05, 0) is 55.4 Å². The number of carbonyl (C=O) groups is 2. The summed E-state index contributed by atoms with van der Waals surface area (Å²) in [5, 5.41) is 18.0. The Morgan fingerprint density at radius 1 is 1.04 bits per heavy atom. The molecular weight excluding hydrogens is 364 g/mol. The van der Waals surface area contributed by atoms with Gasteiger partial charge in [0.2, 0.25) is 0 Å². The van der Waals surface area contributed by atoms with Gasteiger partial charge in [-0.25, -0.2) is 4.79 Å². The summed E-state index contributed by atoms with van der Waals surface area (Å²) in [4.78, 5) is 21.3. The third-order valence-electron chi connectivity index (χ3n) is 4.17. The standard InChI is InChI=1S/C21H30O7/c1-26-20-14-18(9-10-19(20)28-13-7-6-12-27-16-23)17(15-21(24)25)8-4-2-3-5-11-22/h9-10,14-16,22H,2-8,11-13H2,1H3,(H,24,25)/b17-15+. The van der Waals surface area contributed by atoms with Crippen molar-refractivity contribution in [2.45, 2.75) is 44.9 Å². The molecule has 0 heterocycles. The molecule has 0 atom stereocenters. The summed E-state index contributed by atoms with van der Waals surface area (Å²) in [5.74, 6) is 0.139. The zero-order valence-corrected chi connectivity index (χ0v) is 16.4. The maximum absolute atomic E-state index is 11.2. The average molecular weight is 394 g/mol. The fourth-order valence-electron chi connectivity index (χ4n) is 2.73. The molecule has 0 unspecified atom stereocenters. The van der Waals surface area contributed by atoms with Crippen molar-refractivity contribution in [1.82, 2.24) is 0 Å². The van der Waals surface area contributed by atoms with E-state index in [9.17, 15) is 14.7 Å². The molecule has 0 aliphatic heterocycles. The molecule has 0 radical (unpaired) electrons. The van der Waals surface area contributed by atoms with Crippen LogP contribution in [0, 0.1) is 0 Å². The molecule has 0 aliphatic carbocycles. The highest BCUT2D eigenvalue weighted by atomic mass is 16.5. The van der Waals surface area contributed by atoms with E-state index in [-0.39, 0.29) is 6.61 Å². The Morgan fingerprint density at radius 3 is 2.46 bits per heavy atom. The lowest BCUT2D eigenvalue weighted by Gasteiger charge is -2.14. The largest absolute Gasteiger partial charge is 0.493 e. The normalized spacial score (nSPS) is 11.1. The Balaban J connectivity index is 2.72. The number of methoxy groups -OCH3 is 1. The lowest BCUT2D eigenvalue weighted by atomic mass is 9.98. The smallest absolute Gasteiger partial charge is 0.328 e. The minimum absolute atomic E-state index is 0.181. The van der Waals surface area contributed by atoms with Crippen LogP contribution >= 0.6 is 0 Å². The molecule has 1 rings (SSSR count). The van der Waals surface area contributed by atoms with E-state index in [4.69, 9.17) is 14.6 Å². The van der Waals surface area contributed by atoms with E-state index in [1.54, 1.807) is 19.2 Å². The van der Waals surface area contributed by atoms with Gasteiger partial charge in [0.05, 0.1) is 20.3 Å².